The number of cyclic esters (lactones) is 2. The van der Waals surface area contributed by atoms with Crippen LogP contribution >= 0.6 is 19.9 Å². The first-order valence-corrected chi connectivity index (χ1v) is 31.7. The summed E-state index contributed by atoms with van der Waals surface area (Å²) in [6.07, 6.45) is 1.15. The van der Waals surface area contributed by atoms with Gasteiger partial charge in [0.2, 0.25) is 11.8 Å². The third-order valence-corrected chi connectivity index (χ3v) is 7.56. The summed E-state index contributed by atoms with van der Waals surface area (Å²) < 4.78 is 21.3. The fraction of sp³-hybridized carbons (Fsp3) is 0.429. The van der Waals surface area contributed by atoms with Gasteiger partial charge in [0, 0.05) is 25.9 Å². The Bertz CT molecular complexity index is 1280. The molecule has 0 aromatic heterocycles. The van der Waals surface area contributed by atoms with Crippen LogP contribution < -0.4 is 61.5 Å². The van der Waals surface area contributed by atoms with Crippen molar-refractivity contribution in [2.45, 2.75) is 56.7 Å². The number of nitrogens with zero attached hydrogens (tertiary/aromatic N) is 2. The second-order valence-electron chi connectivity index (χ2n) is 9.78. The maximum atomic E-state index is 12.2. The van der Waals surface area contributed by atoms with Crippen LogP contribution in [-0.2, 0) is 51.0 Å². The second kappa shape index (κ2) is 23.1. The van der Waals surface area contributed by atoms with Crippen molar-refractivity contribution < 1.29 is 99.4 Å². The van der Waals surface area contributed by atoms with Crippen molar-refractivity contribution >= 4 is 107 Å². The third kappa shape index (κ3) is 12.6. The van der Waals surface area contributed by atoms with Crippen molar-refractivity contribution in [1.29, 1.82) is 0 Å². The van der Waals surface area contributed by atoms with Gasteiger partial charge in [-0.3, -0.25) is 9.59 Å². The zero-order valence-corrected chi connectivity index (χ0v) is 37.1. The Labute approximate surface area is 356 Å². The molecule has 3 saturated heterocycles. The van der Waals surface area contributed by atoms with Gasteiger partial charge in [0.15, 0.2) is 5.54 Å². The van der Waals surface area contributed by atoms with Gasteiger partial charge in [-0.2, -0.15) is 0 Å². The Morgan fingerprint density at radius 1 is 1.09 bits per heavy atom. The van der Waals surface area contributed by atoms with E-state index < -0.39 is 25.2 Å². The van der Waals surface area contributed by atoms with Crippen LogP contribution in [0, 0.1) is 5.92 Å². The van der Waals surface area contributed by atoms with E-state index in [-0.39, 0.29) is 81.1 Å². The number of amides is 2. The van der Waals surface area contributed by atoms with Crippen molar-refractivity contribution in [2.24, 2.45) is 5.92 Å². The molecule has 3 aliphatic rings. The minimum atomic E-state index is -3.15. The van der Waals surface area contributed by atoms with E-state index in [1.54, 1.807) is 11.8 Å². The quantitative estimate of drug-likeness (QED) is 0.0582. The number of ether oxygens (including phenoxy) is 2. The molecule has 0 radical (unpaired) electrons. The van der Waals surface area contributed by atoms with Crippen molar-refractivity contribution in [3.05, 3.63) is 71.8 Å². The van der Waals surface area contributed by atoms with Gasteiger partial charge in [-0.1, -0.05) is 67.6 Å². The molecular formula is C28H31ClK3N2O10P. The Kier molecular flexibility index (Phi) is 22.8. The molecule has 45 heavy (non-hydrogen) atoms. The monoisotopic (exact) mass is 738 g/mol. The number of hydrogen-bond acceptors (Lipinski definition) is 10. The molecule has 5 rings (SSSR count). The number of hydrogen-bond donors (Lipinski definition) is 0. The topological polar surface area (TPSA) is 166 Å². The first-order valence-electron chi connectivity index (χ1n) is 14.1. The van der Waals surface area contributed by atoms with Gasteiger partial charge in [-0.15, -0.1) is 11.6 Å². The van der Waals surface area contributed by atoms with Crippen molar-refractivity contribution in [1.82, 2.24) is 9.80 Å². The van der Waals surface area contributed by atoms with Crippen LogP contribution in [0.25, 0.3) is 0 Å². The van der Waals surface area contributed by atoms with E-state index in [1.165, 1.54) is 68.1 Å². The van der Waals surface area contributed by atoms with Gasteiger partial charge in [-0.05, 0) is 22.6 Å². The summed E-state index contributed by atoms with van der Waals surface area (Å²) in [6.45, 7) is 5.06. The van der Waals surface area contributed by atoms with Crippen LogP contribution in [0.1, 0.15) is 37.8 Å². The zero-order valence-electron chi connectivity index (χ0n) is 26.1. The van der Waals surface area contributed by atoms with Crippen LogP contribution in [0.5, 0.6) is 0 Å². The number of carbonyl (C=O) groups is 4. The van der Waals surface area contributed by atoms with Gasteiger partial charge >= 0.3 is 135 Å². The fourth-order valence-corrected chi connectivity index (χ4v) is 5.20. The molecule has 3 fully saturated rings. The van der Waals surface area contributed by atoms with E-state index in [1.807, 2.05) is 67.6 Å². The number of benzene rings is 2. The molecule has 3 aliphatic heterocycles. The van der Waals surface area contributed by atoms with Gasteiger partial charge in [0.1, 0.15) is 11.4 Å². The van der Waals surface area contributed by atoms with Crippen molar-refractivity contribution in [2.75, 3.05) is 13.2 Å². The molecule has 12 nitrogen and oxygen atoms in total. The Balaban J connectivity index is 0.000000367. The van der Waals surface area contributed by atoms with E-state index in [0.29, 0.717) is 39.1 Å². The standard InChI is InChI=1S/C14H16ClNO3.C14H15NO3.3K.HO4P/c1-10(15)13(17)16(12-7-8-19-14(12)18)9-11-5-3-2-4-6-11;1-10-12(16)15(9-11-5-3-2-4-6-11)14(10)7-8-18-13(14)17;;;;1-4-5(2)3/h2-6,10,12H,7-9H2,1H3;2-6,10H,7-9H2,1H3;;;;1H/q;;;;+1;/p-1/t10-,12?;10-,14+;;;;/m10..../s1. The molecule has 1 spiro atoms. The Hall–Kier alpha value is 1.50. The number of rotatable bonds is 7. The SMILES string of the molecule is C[C@@H](Cl)C(=O)N(Cc1ccccc1)C1CCOC1=O.C[C@H]1C(=O)N(Cc2ccccc2)[C@]12CCOC2=O.O=[P+]([O-])O[O-].[K+].[K][K]. The van der Waals surface area contributed by atoms with E-state index in [9.17, 15) is 19.2 Å². The maximum absolute atomic E-state index is 12.2. The predicted octanol–water partition coefficient (Wildman–Crippen LogP) is -2.15. The molecule has 228 valence electrons. The van der Waals surface area contributed by atoms with Crippen LogP contribution in [0.15, 0.2) is 60.7 Å². The number of alkyl halides is 1. The van der Waals surface area contributed by atoms with Gasteiger partial charge in [0.05, 0.1) is 19.1 Å². The van der Waals surface area contributed by atoms with Crippen LogP contribution in [0.2, 0.25) is 0 Å². The first-order chi connectivity index (χ1) is 21.0. The summed E-state index contributed by atoms with van der Waals surface area (Å²) in [5.41, 5.74) is 1.30. The molecule has 2 unspecified atom stereocenters. The van der Waals surface area contributed by atoms with Crippen molar-refractivity contribution in [3.63, 3.8) is 0 Å². The Morgan fingerprint density at radius 2 is 1.62 bits per heavy atom. The van der Waals surface area contributed by atoms with Gasteiger partial charge in [0.25, 0.3) is 0 Å². The summed E-state index contributed by atoms with van der Waals surface area (Å²) in [4.78, 5) is 59.8. The van der Waals surface area contributed by atoms with Crippen molar-refractivity contribution in [3.8, 4) is 0 Å². The second-order valence-corrected chi connectivity index (χ2v) is 11.0. The van der Waals surface area contributed by atoms with E-state index in [4.69, 9.17) is 35.8 Å². The van der Waals surface area contributed by atoms with Crippen LogP contribution in [-0.4, -0.2) is 127 Å². The Morgan fingerprint density at radius 3 is 2.04 bits per heavy atom. The summed E-state index contributed by atoms with van der Waals surface area (Å²) in [6, 6.07) is 18.7. The number of β-lactam (4-membered cyclic amide) rings is 1. The number of esters is 2. The van der Waals surface area contributed by atoms with Crippen LogP contribution in [0.4, 0.5) is 0 Å². The molecular weight excluding hydrogens is 708 g/mol. The van der Waals surface area contributed by atoms with E-state index in [0.717, 1.165) is 11.1 Å². The van der Waals surface area contributed by atoms with Crippen LogP contribution in [0.3, 0.4) is 0 Å². The number of carbonyl (C=O) groups excluding carboxylic acids is 4. The molecule has 2 amide bonds. The van der Waals surface area contributed by atoms with E-state index >= 15 is 0 Å². The average molecular weight is 739 g/mol. The molecule has 2 aromatic carbocycles. The third-order valence-electron chi connectivity index (χ3n) is 7.25. The van der Waals surface area contributed by atoms with Gasteiger partial charge in [-0.25, -0.2) is 14.3 Å². The minimum absolute atomic E-state index is 0. The summed E-state index contributed by atoms with van der Waals surface area (Å²) in [5, 5.41) is 7.88. The molecule has 17 heteroatoms. The normalized spacial score (nSPS) is 22.0. The number of likely N-dealkylation sites (tertiary alicyclic amines) is 1. The fourth-order valence-electron chi connectivity index (χ4n) is 5.07. The average Bonchev–Trinajstić information content (AvgIpc) is 3.66. The molecule has 0 bridgehead atoms. The molecule has 5 atom stereocenters. The molecule has 2 aromatic rings. The first kappa shape index (κ1) is 44.5. The predicted molar refractivity (Wildman–Crippen MR) is 156 cm³/mol. The summed E-state index contributed by atoms with van der Waals surface area (Å²) in [7, 11) is -3.15. The molecule has 0 aliphatic carbocycles. The summed E-state index contributed by atoms with van der Waals surface area (Å²) >= 11 is 8.37. The molecule has 0 N–H and O–H groups in total. The molecule has 3 heterocycles. The summed E-state index contributed by atoms with van der Waals surface area (Å²) in [5.74, 6) is -1.05. The van der Waals surface area contributed by atoms with E-state index in [2.05, 4.69) is 4.67 Å². The number of halogens is 1. The molecule has 0 saturated carbocycles. The zero-order chi connectivity index (χ0) is 32.9. The van der Waals surface area contributed by atoms with Gasteiger partial charge < -0.3 is 29.4 Å².